The van der Waals surface area contributed by atoms with Gasteiger partial charge in [-0.05, 0) is 120 Å². The largest absolute Gasteiger partial charge is 0.460 e. The summed E-state index contributed by atoms with van der Waals surface area (Å²) in [6, 6.07) is 33.8. The van der Waals surface area contributed by atoms with Gasteiger partial charge in [0.2, 0.25) is 0 Å². The van der Waals surface area contributed by atoms with Crippen LogP contribution in [0.1, 0.15) is 49.0 Å². The van der Waals surface area contributed by atoms with Crippen LogP contribution >= 0.6 is 0 Å². The van der Waals surface area contributed by atoms with Crippen LogP contribution < -0.4 is 4.90 Å². The first-order valence-corrected chi connectivity index (χ1v) is 17.5. The van der Waals surface area contributed by atoms with E-state index < -0.39 is 0 Å². The Bertz CT molecular complexity index is 2200. The van der Waals surface area contributed by atoms with Crippen molar-refractivity contribution in [2.45, 2.75) is 44.9 Å². The fourth-order valence-electron chi connectivity index (χ4n) is 7.95. The van der Waals surface area contributed by atoms with E-state index in [0.29, 0.717) is 5.92 Å². The zero-order valence-corrected chi connectivity index (χ0v) is 27.2. The van der Waals surface area contributed by atoms with Crippen molar-refractivity contribution in [3.05, 3.63) is 174 Å². The number of aryl methyl sites for hydroxylation is 2. The third-order valence-electron chi connectivity index (χ3n) is 10.4. The zero-order valence-electron chi connectivity index (χ0n) is 27.2. The maximum Gasteiger partial charge on any atom is 0.134 e. The molecule has 0 aliphatic heterocycles. The molecule has 2 nitrogen and oxygen atoms in total. The van der Waals surface area contributed by atoms with Crippen LogP contribution in [-0.2, 0) is 12.8 Å². The lowest BCUT2D eigenvalue weighted by atomic mass is 9.85. The summed E-state index contributed by atoms with van der Waals surface area (Å²) in [5.41, 5.74) is 15.1. The normalized spacial score (nSPS) is 18.2. The Balaban J connectivity index is 1.10. The van der Waals surface area contributed by atoms with Gasteiger partial charge in [-0.25, -0.2) is 0 Å². The molecule has 4 aromatic carbocycles. The minimum Gasteiger partial charge on any atom is -0.460 e. The molecular weight excluding hydrogens is 583 g/mol. The van der Waals surface area contributed by atoms with E-state index in [-0.39, 0.29) is 0 Å². The number of allylic oxidation sites excluding steroid dienone is 11. The van der Waals surface area contributed by atoms with Crippen LogP contribution in [0.4, 0.5) is 11.4 Å². The average Bonchev–Trinajstić information content (AvgIpc) is 3.56. The van der Waals surface area contributed by atoms with E-state index in [1.807, 2.05) is 0 Å². The summed E-state index contributed by atoms with van der Waals surface area (Å²) in [4.78, 5) is 2.48. The number of rotatable bonds is 6. The van der Waals surface area contributed by atoms with Crippen LogP contribution in [0.5, 0.6) is 0 Å². The maximum absolute atomic E-state index is 6.30. The highest BCUT2D eigenvalue weighted by molar-refractivity contribution is 5.98. The van der Waals surface area contributed by atoms with Gasteiger partial charge in [-0.3, -0.25) is 0 Å². The van der Waals surface area contributed by atoms with Gasteiger partial charge in [0.1, 0.15) is 11.3 Å². The van der Waals surface area contributed by atoms with Gasteiger partial charge in [-0.1, -0.05) is 103 Å². The smallest absolute Gasteiger partial charge is 0.134 e. The first-order chi connectivity index (χ1) is 23.8. The van der Waals surface area contributed by atoms with E-state index in [1.165, 1.54) is 67.0 Å². The van der Waals surface area contributed by atoms with E-state index in [9.17, 15) is 0 Å². The molecule has 5 aromatic rings. The molecule has 0 fully saturated rings. The van der Waals surface area contributed by atoms with Gasteiger partial charge < -0.3 is 9.32 Å². The summed E-state index contributed by atoms with van der Waals surface area (Å²) in [7, 11) is 0. The summed E-state index contributed by atoms with van der Waals surface area (Å²) < 4.78 is 6.30. The van der Waals surface area contributed by atoms with Gasteiger partial charge in [0, 0.05) is 40.4 Å². The minimum absolute atomic E-state index is 0.314. The quantitative estimate of drug-likeness (QED) is 0.188. The molecule has 0 N–H and O–H groups in total. The number of benzene rings is 4. The standard InChI is InChI=1S/C46H39NO/c1-3-11-32(12-4-1)33-21-26-38(27-22-33)47(43-17-9-7-15-40(43)35-13-5-2-6-14-35)39-28-23-34(24-29-39)37-20-19-36-25-30-45-46(42(36)31-37)41-16-8-10-18-44(41)48-45/h3,5,7-14,16-24,26-29,31,40H,1-2,4,6,15,25,30H2. The van der Waals surface area contributed by atoms with Gasteiger partial charge in [0.05, 0.1) is 0 Å². The number of nitrogens with zero attached hydrogens (tertiary/aromatic N) is 1. The van der Waals surface area contributed by atoms with Gasteiger partial charge in [0.25, 0.3) is 0 Å². The number of fused-ring (bicyclic) bond motifs is 5. The van der Waals surface area contributed by atoms with Crippen LogP contribution in [0.25, 0.3) is 38.8 Å². The predicted molar refractivity (Wildman–Crippen MR) is 201 cm³/mol. The molecular formula is C46H39NO. The number of furan rings is 1. The molecule has 2 heteroatoms. The van der Waals surface area contributed by atoms with Crippen molar-refractivity contribution in [3.8, 4) is 22.3 Å². The molecule has 0 bridgehead atoms. The average molecular weight is 622 g/mol. The Morgan fingerprint density at radius 3 is 2.17 bits per heavy atom. The highest BCUT2D eigenvalue weighted by atomic mass is 16.3. The predicted octanol–water partition coefficient (Wildman–Crippen LogP) is 12.5. The van der Waals surface area contributed by atoms with Crippen LogP contribution in [0.2, 0.25) is 0 Å². The molecule has 48 heavy (non-hydrogen) atoms. The topological polar surface area (TPSA) is 16.4 Å². The molecule has 4 aliphatic rings. The first kappa shape index (κ1) is 28.8. The van der Waals surface area contributed by atoms with Crippen LogP contribution in [0, 0.1) is 5.92 Å². The van der Waals surface area contributed by atoms with Crippen LogP contribution in [0.15, 0.2) is 161 Å². The second kappa shape index (κ2) is 12.4. The molecule has 0 saturated heterocycles. The van der Waals surface area contributed by atoms with E-state index >= 15 is 0 Å². The van der Waals surface area contributed by atoms with Crippen LogP contribution in [-0.4, -0.2) is 0 Å². The fraction of sp³-hybridized carbons (Fsp3) is 0.174. The molecule has 0 saturated carbocycles. The number of anilines is 2. The van der Waals surface area contributed by atoms with Gasteiger partial charge >= 0.3 is 0 Å². The molecule has 1 atom stereocenters. The van der Waals surface area contributed by atoms with Gasteiger partial charge in [-0.2, -0.15) is 0 Å². The van der Waals surface area contributed by atoms with Gasteiger partial charge in [-0.15, -0.1) is 0 Å². The van der Waals surface area contributed by atoms with E-state index in [0.717, 1.165) is 56.3 Å². The Labute approximate surface area is 283 Å². The Morgan fingerprint density at radius 1 is 0.646 bits per heavy atom. The van der Waals surface area contributed by atoms with Crippen molar-refractivity contribution in [1.82, 2.24) is 0 Å². The third kappa shape index (κ3) is 5.22. The SMILES string of the molecule is C1=CCC(C2=CCCC=C2)C(N(c2ccc(C3=CCCC=C3)cc2)c2ccc(-c3ccc4c(c3)-c3c(oc5ccccc35)CC4)cc2)=C1. The summed E-state index contributed by atoms with van der Waals surface area (Å²) in [6.45, 7) is 0. The van der Waals surface area contributed by atoms with Crippen molar-refractivity contribution in [3.63, 3.8) is 0 Å². The van der Waals surface area contributed by atoms with Crippen molar-refractivity contribution in [2.24, 2.45) is 5.92 Å². The van der Waals surface area contributed by atoms with Crippen molar-refractivity contribution in [1.29, 1.82) is 0 Å². The lowest BCUT2D eigenvalue weighted by molar-refractivity contribution is 0.546. The summed E-state index contributed by atoms with van der Waals surface area (Å²) in [5, 5.41) is 1.21. The Kier molecular flexibility index (Phi) is 7.43. The molecule has 1 unspecified atom stereocenters. The molecule has 234 valence electrons. The second-order valence-corrected chi connectivity index (χ2v) is 13.3. The monoisotopic (exact) mass is 621 g/mol. The number of hydrogen-bond donors (Lipinski definition) is 0. The molecule has 4 aliphatic carbocycles. The lowest BCUT2D eigenvalue weighted by Crippen LogP contribution is -2.25. The van der Waals surface area contributed by atoms with E-state index in [4.69, 9.17) is 4.42 Å². The van der Waals surface area contributed by atoms with Crippen molar-refractivity contribution < 1.29 is 4.42 Å². The Morgan fingerprint density at radius 2 is 1.40 bits per heavy atom. The Hall–Kier alpha value is -5.34. The molecule has 0 amide bonds. The van der Waals surface area contributed by atoms with E-state index in [2.05, 4.69) is 151 Å². The molecule has 0 spiro atoms. The van der Waals surface area contributed by atoms with Crippen molar-refractivity contribution >= 4 is 27.9 Å². The van der Waals surface area contributed by atoms with E-state index in [1.54, 1.807) is 0 Å². The summed E-state index contributed by atoms with van der Waals surface area (Å²) >= 11 is 0. The zero-order chi connectivity index (χ0) is 31.9. The molecule has 0 radical (unpaired) electrons. The summed E-state index contributed by atoms with van der Waals surface area (Å²) in [6.07, 6.45) is 28.3. The minimum atomic E-state index is 0.314. The van der Waals surface area contributed by atoms with Gasteiger partial charge in [0.15, 0.2) is 0 Å². The molecule has 1 aromatic heterocycles. The second-order valence-electron chi connectivity index (χ2n) is 13.3. The fourth-order valence-corrected chi connectivity index (χ4v) is 7.95. The number of para-hydroxylation sites is 1. The highest BCUT2D eigenvalue weighted by Gasteiger charge is 2.27. The van der Waals surface area contributed by atoms with Crippen LogP contribution in [0.3, 0.4) is 0 Å². The molecule has 1 heterocycles. The lowest BCUT2D eigenvalue weighted by Gasteiger charge is -2.35. The highest BCUT2D eigenvalue weighted by Crippen LogP contribution is 2.44. The first-order valence-electron chi connectivity index (χ1n) is 17.5. The third-order valence-corrected chi connectivity index (χ3v) is 10.4. The van der Waals surface area contributed by atoms with Crippen molar-refractivity contribution in [2.75, 3.05) is 4.90 Å². The maximum atomic E-state index is 6.30. The molecule has 9 rings (SSSR count). The summed E-state index contributed by atoms with van der Waals surface area (Å²) in [5.74, 6) is 1.43. The number of hydrogen-bond acceptors (Lipinski definition) is 2.